The van der Waals surface area contributed by atoms with Gasteiger partial charge in [-0.25, -0.2) is 0 Å². The van der Waals surface area contributed by atoms with Crippen LogP contribution < -0.4 is 0 Å². The van der Waals surface area contributed by atoms with Crippen molar-refractivity contribution in [3.63, 3.8) is 0 Å². The molecule has 8 heteroatoms. The van der Waals surface area contributed by atoms with E-state index in [-0.39, 0.29) is 6.42 Å². The standard InChI is InChI=1S/C6H14O.2C4H8O2.C3H6O2.C3H8O/c1-3-5-7-6-4-2;2*1-2-3-4(5)6;1-2-3(4)5;1-2-3-4/h3-6H2,1-2H3;2*2-3H2,1H3,(H,5,6);2H2,1H3,(H,4,5);4H,2-3H2,1H3. The van der Waals surface area contributed by atoms with E-state index in [1.807, 2.05) is 20.8 Å². The van der Waals surface area contributed by atoms with Gasteiger partial charge < -0.3 is 25.2 Å². The van der Waals surface area contributed by atoms with Crippen LogP contribution in [0.25, 0.3) is 0 Å². The van der Waals surface area contributed by atoms with E-state index in [4.69, 9.17) is 25.2 Å². The number of hydrogen-bond donors (Lipinski definition) is 4. The summed E-state index contributed by atoms with van der Waals surface area (Å²) < 4.78 is 5.13. The van der Waals surface area contributed by atoms with E-state index in [1.165, 1.54) is 0 Å². The fraction of sp³-hybridized carbons (Fsp3) is 0.850. The Morgan fingerprint density at radius 2 is 0.893 bits per heavy atom. The van der Waals surface area contributed by atoms with Gasteiger partial charge in [0.2, 0.25) is 0 Å². The van der Waals surface area contributed by atoms with E-state index in [0.717, 1.165) is 45.3 Å². The Balaban J connectivity index is -0.0000000797. The third-order valence-corrected chi connectivity index (χ3v) is 2.15. The molecule has 0 aromatic carbocycles. The van der Waals surface area contributed by atoms with Crippen LogP contribution in [0, 0.1) is 0 Å². The van der Waals surface area contributed by atoms with Gasteiger partial charge in [-0.3, -0.25) is 14.4 Å². The molecule has 8 nitrogen and oxygen atoms in total. The maximum Gasteiger partial charge on any atom is 0.303 e. The summed E-state index contributed by atoms with van der Waals surface area (Å²) in [5, 5.41) is 31.4. The zero-order chi connectivity index (χ0) is 23.2. The quantitative estimate of drug-likeness (QED) is 0.386. The lowest BCUT2D eigenvalue weighted by Gasteiger charge is -1.95. The van der Waals surface area contributed by atoms with Gasteiger partial charge in [-0.05, 0) is 32.1 Å². The van der Waals surface area contributed by atoms with Gasteiger partial charge in [0.05, 0.1) is 0 Å². The van der Waals surface area contributed by atoms with Crippen molar-refractivity contribution in [2.75, 3.05) is 19.8 Å². The van der Waals surface area contributed by atoms with Crippen molar-refractivity contribution >= 4 is 17.9 Å². The Kier molecular flexibility index (Phi) is 53.2. The molecule has 0 atom stereocenters. The highest BCUT2D eigenvalue weighted by atomic mass is 16.5. The lowest BCUT2D eigenvalue weighted by Crippen LogP contribution is -1.92. The zero-order valence-electron chi connectivity index (χ0n) is 18.7. The lowest BCUT2D eigenvalue weighted by atomic mass is 10.4. The van der Waals surface area contributed by atoms with Gasteiger partial charge in [0.1, 0.15) is 0 Å². The predicted octanol–water partition coefficient (Wildman–Crippen LogP) is 4.43. The highest BCUT2D eigenvalue weighted by molar-refractivity contribution is 5.66. The van der Waals surface area contributed by atoms with Crippen LogP contribution in [0.2, 0.25) is 0 Å². The highest BCUT2D eigenvalue weighted by Gasteiger charge is 1.88. The topological polar surface area (TPSA) is 141 Å². The predicted molar refractivity (Wildman–Crippen MR) is 112 cm³/mol. The van der Waals surface area contributed by atoms with Gasteiger partial charge in [0.15, 0.2) is 0 Å². The molecule has 0 aliphatic rings. The number of carboxylic acids is 3. The van der Waals surface area contributed by atoms with Gasteiger partial charge in [-0.1, -0.05) is 41.5 Å². The number of rotatable bonds is 10. The van der Waals surface area contributed by atoms with Crippen LogP contribution in [0.4, 0.5) is 0 Å². The van der Waals surface area contributed by atoms with Crippen molar-refractivity contribution in [2.45, 2.75) is 92.9 Å². The van der Waals surface area contributed by atoms with E-state index in [2.05, 4.69) is 13.8 Å². The average molecular weight is 413 g/mol. The summed E-state index contributed by atoms with van der Waals surface area (Å²) in [6.45, 7) is 13.6. The molecule has 0 aromatic rings. The molecule has 0 bridgehead atoms. The van der Waals surface area contributed by atoms with E-state index >= 15 is 0 Å². The number of hydrogen-bond acceptors (Lipinski definition) is 5. The molecule has 0 heterocycles. The van der Waals surface area contributed by atoms with Crippen LogP contribution in [-0.2, 0) is 19.1 Å². The first-order valence-corrected chi connectivity index (χ1v) is 9.98. The van der Waals surface area contributed by atoms with Gasteiger partial charge in [0.25, 0.3) is 0 Å². The van der Waals surface area contributed by atoms with Gasteiger partial charge in [-0.2, -0.15) is 0 Å². The summed E-state index contributed by atoms with van der Waals surface area (Å²) in [6, 6.07) is 0. The zero-order valence-corrected chi connectivity index (χ0v) is 18.7. The maximum absolute atomic E-state index is 9.60. The first-order chi connectivity index (χ1) is 13.1. The Morgan fingerprint density at radius 1 is 0.607 bits per heavy atom. The molecular weight excluding hydrogens is 368 g/mol. The van der Waals surface area contributed by atoms with Gasteiger partial charge in [0, 0.05) is 39.1 Å². The second kappa shape index (κ2) is 40.1. The molecule has 0 rings (SSSR count). The molecule has 0 aliphatic carbocycles. The number of aliphatic hydroxyl groups is 1. The van der Waals surface area contributed by atoms with Crippen LogP contribution in [-0.4, -0.2) is 58.2 Å². The van der Waals surface area contributed by atoms with Crippen LogP contribution >= 0.6 is 0 Å². The minimum Gasteiger partial charge on any atom is -0.481 e. The Bertz CT molecular complexity index is 285. The smallest absolute Gasteiger partial charge is 0.303 e. The molecule has 172 valence electrons. The monoisotopic (exact) mass is 412 g/mol. The molecule has 28 heavy (non-hydrogen) atoms. The second-order valence-electron chi connectivity index (χ2n) is 5.37. The van der Waals surface area contributed by atoms with E-state index in [9.17, 15) is 14.4 Å². The minimum atomic E-state index is -0.745. The van der Waals surface area contributed by atoms with Gasteiger partial charge in [-0.15, -0.1) is 0 Å². The summed E-state index contributed by atoms with van der Waals surface area (Å²) in [5.41, 5.74) is 0. The normalized spacial score (nSPS) is 8.25. The molecule has 0 spiro atoms. The molecule has 0 unspecified atom stereocenters. The molecule has 0 aromatic heterocycles. The SMILES string of the molecule is CCC(=O)O.CCCC(=O)O.CCCC(=O)O.CCCO.CCCOCCC. The molecule has 0 radical (unpaired) electrons. The molecule has 4 N–H and O–H groups in total. The number of carboxylic acid groups (broad SMARTS) is 3. The number of carbonyl (C=O) groups is 3. The number of ether oxygens (including phenoxy) is 1. The van der Waals surface area contributed by atoms with Crippen molar-refractivity contribution in [3.8, 4) is 0 Å². The van der Waals surface area contributed by atoms with E-state index < -0.39 is 17.9 Å². The number of aliphatic hydroxyl groups excluding tert-OH is 1. The molecule has 0 saturated carbocycles. The summed E-state index contributed by atoms with van der Waals surface area (Å²) in [6.07, 6.45) is 5.42. The average Bonchev–Trinajstić information content (AvgIpc) is 2.63. The van der Waals surface area contributed by atoms with Crippen molar-refractivity contribution in [1.82, 2.24) is 0 Å². The van der Waals surface area contributed by atoms with Crippen molar-refractivity contribution in [3.05, 3.63) is 0 Å². The second-order valence-corrected chi connectivity index (χ2v) is 5.37. The summed E-state index contributed by atoms with van der Waals surface area (Å²) in [7, 11) is 0. The fourth-order valence-electron chi connectivity index (χ4n) is 0.818. The lowest BCUT2D eigenvalue weighted by molar-refractivity contribution is -0.138. The van der Waals surface area contributed by atoms with Crippen molar-refractivity contribution in [1.29, 1.82) is 0 Å². The molecule has 0 aliphatic heterocycles. The Morgan fingerprint density at radius 3 is 0.964 bits per heavy atom. The third kappa shape index (κ3) is 103. The van der Waals surface area contributed by atoms with Crippen LogP contribution in [0.15, 0.2) is 0 Å². The molecule has 0 saturated heterocycles. The first kappa shape index (κ1) is 37.1. The highest BCUT2D eigenvalue weighted by Crippen LogP contribution is 1.83. The summed E-state index contributed by atoms with van der Waals surface area (Å²) in [5.74, 6) is -2.17. The molecule has 0 amide bonds. The van der Waals surface area contributed by atoms with E-state index in [1.54, 1.807) is 6.92 Å². The largest absolute Gasteiger partial charge is 0.481 e. The van der Waals surface area contributed by atoms with Gasteiger partial charge >= 0.3 is 17.9 Å². The minimum absolute atomic E-state index is 0.222. The summed E-state index contributed by atoms with van der Waals surface area (Å²) in [4.78, 5) is 28.6. The third-order valence-electron chi connectivity index (χ3n) is 2.15. The molecule has 0 fully saturated rings. The first-order valence-electron chi connectivity index (χ1n) is 9.98. The van der Waals surface area contributed by atoms with Crippen LogP contribution in [0.5, 0.6) is 0 Å². The maximum atomic E-state index is 9.60. The molecular formula is C20H44O8. The van der Waals surface area contributed by atoms with Crippen LogP contribution in [0.1, 0.15) is 92.9 Å². The van der Waals surface area contributed by atoms with E-state index in [0.29, 0.717) is 19.4 Å². The van der Waals surface area contributed by atoms with Crippen molar-refractivity contribution < 1.29 is 39.5 Å². The number of aliphatic carboxylic acids is 3. The van der Waals surface area contributed by atoms with Crippen LogP contribution in [0.3, 0.4) is 0 Å². The Labute approximate surface area is 170 Å². The summed E-state index contributed by atoms with van der Waals surface area (Å²) >= 11 is 0. The van der Waals surface area contributed by atoms with Crippen molar-refractivity contribution in [2.24, 2.45) is 0 Å². The fourth-order valence-corrected chi connectivity index (χ4v) is 0.818. The Hall–Kier alpha value is -1.67.